The summed E-state index contributed by atoms with van der Waals surface area (Å²) in [5, 5.41) is 10.7. The molecule has 0 radical (unpaired) electrons. The topological polar surface area (TPSA) is 50.2 Å². The fourth-order valence-corrected chi connectivity index (χ4v) is 1.60. The Morgan fingerprint density at radius 3 is 2.80 bits per heavy atom. The van der Waals surface area contributed by atoms with Gasteiger partial charge in [0.15, 0.2) is 5.69 Å². The highest BCUT2D eigenvalue weighted by Gasteiger charge is 2.10. The van der Waals surface area contributed by atoms with Crippen LogP contribution in [0.25, 0.3) is 10.8 Å². The highest BCUT2D eigenvalue weighted by atomic mass is 16.4. The van der Waals surface area contributed by atoms with Crippen LogP contribution in [0.3, 0.4) is 0 Å². The summed E-state index contributed by atoms with van der Waals surface area (Å²) in [6, 6.07) is 9.34. The Morgan fingerprint density at radius 2 is 2.13 bits per heavy atom. The summed E-state index contributed by atoms with van der Waals surface area (Å²) in [6.45, 7) is 1.96. The van der Waals surface area contributed by atoms with E-state index in [9.17, 15) is 4.79 Å². The first kappa shape index (κ1) is 9.65. The smallest absolute Gasteiger partial charge is 0.355 e. The number of carbonyl (C=O) groups is 1. The average molecular weight is 201 g/mol. The molecule has 0 fully saturated rings. The van der Waals surface area contributed by atoms with Gasteiger partial charge in [-0.2, -0.15) is 0 Å². The largest absolute Gasteiger partial charge is 0.476 e. The van der Waals surface area contributed by atoms with Crippen molar-refractivity contribution < 1.29 is 9.90 Å². The van der Waals surface area contributed by atoms with Gasteiger partial charge < -0.3 is 5.11 Å². The lowest BCUT2D eigenvalue weighted by atomic mass is 10.1. The quantitative estimate of drug-likeness (QED) is 0.812. The average Bonchev–Trinajstić information content (AvgIpc) is 2.27. The Morgan fingerprint density at radius 1 is 1.40 bits per heavy atom. The summed E-state index contributed by atoms with van der Waals surface area (Å²) in [6.07, 6.45) is 0.741. The second-order valence-corrected chi connectivity index (χ2v) is 3.34. The van der Waals surface area contributed by atoms with Crippen LogP contribution in [-0.2, 0) is 6.42 Å². The van der Waals surface area contributed by atoms with E-state index >= 15 is 0 Å². The zero-order chi connectivity index (χ0) is 10.8. The van der Waals surface area contributed by atoms with Gasteiger partial charge >= 0.3 is 5.97 Å². The lowest BCUT2D eigenvalue weighted by molar-refractivity contribution is 0.0692. The zero-order valence-corrected chi connectivity index (χ0v) is 8.40. The number of hydrogen-bond donors (Lipinski definition) is 1. The van der Waals surface area contributed by atoms with Crippen molar-refractivity contribution in [2.75, 3.05) is 0 Å². The molecule has 76 valence electrons. The summed E-state index contributed by atoms with van der Waals surface area (Å²) in [4.78, 5) is 15.1. The first-order chi connectivity index (χ1) is 7.22. The van der Waals surface area contributed by atoms with Crippen LogP contribution in [0.1, 0.15) is 23.1 Å². The number of benzene rings is 1. The normalized spacial score (nSPS) is 10.5. The third-order valence-electron chi connectivity index (χ3n) is 2.36. The molecule has 0 saturated carbocycles. The van der Waals surface area contributed by atoms with Gasteiger partial charge in [-0.25, -0.2) is 9.78 Å². The number of hydrogen-bond acceptors (Lipinski definition) is 2. The molecule has 1 heterocycles. The Bertz CT molecular complexity index is 520. The molecule has 3 nitrogen and oxygen atoms in total. The molecule has 2 aromatic rings. The van der Waals surface area contributed by atoms with Gasteiger partial charge in [0.25, 0.3) is 0 Å². The van der Waals surface area contributed by atoms with E-state index in [-0.39, 0.29) is 5.69 Å². The second-order valence-electron chi connectivity index (χ2n) is 3.34. The lowest BCUT2D eigenvalue weighted by Crippen LogP contribution is -2.03. The van der Waals surface area contributed by atoms with Gasteiger partial charge in [-0.05, 0) is 17.9 Å². The molecule has 0 atom stereocenters. The Hall–Kier alpha value is -1.90. The maximum absolute atomic E-state index is 11.0. The Labute approximate surface area is 87.4 Å². The van der Waals surface area contributed by atoms with Crippen LogP contribution in [0.5, 0.6) is 0 Å². The standard InChI is InChI=1S/C12H11NO2/c1-2-9-7-8-5-3-4-6-10(8)11(13-9)12(14)15/h3-7H,2H2,1H3,(H,14,15). The second kappa shape index (κ2) is 3.69. The molecule has 0 saturated heterocycles. The Balaban J connectivity index is 2.80. The van der Waals surface area contributed by atoms with Gasteiger partial charge in [0.1, 0.15) is 0 Å². The van der Waals surface area contributed by atoms with Crippen molar-refractivity contribution in [2.45, 2.75) is 13.3 Å². The van der Waals surface area contributed by atoms with Crippen LogP contribution in [0.4, 0.5) is 0 Å². The van der Waals surface area contributed by atoms with E-state index in [4.69, 9.17) is 5.11 Å². The maximum Gasteiger partial charge on any atom is 0.355 e. The van der Waals surface area contributed by atoms with E-state index in [1.165, 1.54) is 0 Å². The number of aromatic carboxylic acids is 1. The predicted octanol–water partition coefficient (Wildman–Crippen LogP) is 2.50. The van der Waals surface area contributed by atoms with Crippen molar-refractivity contribution in [1.82, 2.24) is 4.98 Å². The molecule has 3 heteroatoms. The van der Waals surface area contributed by atoms with Gasteiger partial charge in [0.05, 0.1) is 0 Å². The summed E-state index contributed by atoms with van der Waals surface area (Å²) in [5.41, 5.74) is 0.955. The summed E-state index contributed by atoms with van der Waals surface area (Å²) in [7, 11) is 0. The van der Waals surface area contributed by atoms with Crippen molar-refractivity contribution in [3.05, 3.63) is 41.7 Å². The summed E-state index contributed by atoms with van der Waals surface area (Å²) in [5.74, 6) is -0.971. The van der Waals surface area contributed by atoms with Crippen molar-refractivity contribution in [3.63, 3.8) is 0 Å². The number of aryl methyl sites for hydroxylation is 1. The van der Waals surface area contributed by atoms with Crippen molar-refractivity contribution in [3.8, 4) is 0 Å². The third-order valence-corrected chi connectivity index (χ3v) is 2.36. The number of fused-ring (bicyclic) bond motifs is 1. The molecular formula is C12H11NO2. The first-order valence-corrected chi connectivity index (χ1v) is 4.84. The van der Waals surface area contributed by atoms with Gasteiger partial charge in [-0.15, -0.1) is 0 Å². The molecular weight excluding hydrogens is 190 g/mol. The number of carboxylic acids is 1. The van der Waals surface area contributed by atoms with Crippen LogP contribution in [0, 0.1) is 0 Å². The fourth-order valence-electron chi connectivity index (χ4n) is 1.60. The molecule has 15 heavy (non-hydrogen) atoms. The molecule has 0 amide bonds. The number of carboxylic acid groups (broad SMARTS) is 1. The SMILES string of the molecule is CCc1cc2ccccc2c(C(=O)O)n1. The molecule has 1 aromatic carbocycles. The molecule has 0 bridgehead atoms. The van der Waals surface area contributed by atoms with Crippen molar-refractivity contribution in [2.24, 2.45) is 0 Å². The predicted molar refractivity (Wildman–Crippen MR) is 58.1 cm³/mol. The van der Waals surface area contributed by atoms with E-state index in [0.717, 1.165) is 17.5 Å². The molecule has 0 aliphatic carbocycles. The lowest BCUT2D eigenvalue weighted by Gasteiger charge is -2.04. The molecule has 0 spiro atoms. The first-order valence-electron chi connectivity index (χ1n) is 4.84. The monoisotopic (exact) mass is 201 g/mol. The van der Waals surface area contributed by atoms with Gasteiger partial charge in [-0.1, -0.05) is 31.2 Å². The molecule has 1 N–H and O–H groups in total. The van der Waals surface area contributed by atoms with Crippen LogP contribution in [-0.4, -0.2) is 16.1 Å². The minimum absolute atomic E-state index is 0.143. The molecule has 0 aliphatic heterocycles. The van der Waals surface area contributed by atoms with E-state index in [1.807, 2.05) is 31.2 Å². The highest BCUT2D eigenvalue weighted by Crippen LogP contribution is 2.18. The molecule has 0 unspecified atom stereocenters. The highest BCUT2D eigenvalue weighted by molar-refractivity contribution is 6.01. The van der Waals surface area contributed by atoms with Gasteiger partial charge in [-0.3, -0.25) is 0 Å². The number of nitrogens with zero attached hydrogens (tertiary/aromatic N) is 1. The van der Waals surface area contributed by atoms with Crippen LogP contribution >= 0.6 is 0 Å². The minimum atomic E-state index is -0.971. The van der Waals surface area contributed by atoms with Crippen LogP contribution in [0.2, 0.25) is 0 Å². The summed E-state index contributed by atoms with van der Waals surface area (Å²) >= 11 is 0. The van der Waals surface area contributed by atoms with Gasteiger partial charge in [0, 0.05) is 11.1 Å². The maximum atomic E-state index is 11.0. The molecule has 0 aliphatic rings. The van der Waals surface area contributed by atoms with E-state index in [0.29, 0.717) is 5.39 Å². The molecule has 2 rings (SSSR count). The zero-order valence-electron chi connectivity index (χ0n) is 8.40. The number of aromatic nitrogens is 1. The van der Waals surface area contributed by atoms with Crippen LogP contribution < -0.4 is 0 Å². The van der Waals surface area contributed by atoms with E-state index < -0.39 is 5.97 Å². The fraction of sp³-hybridized carbons (Fsp3) is 0.167. The molecule has 1 aromatic heterocycles. The van der Waals surface area contributed by atoms with E-state index in [1.54, 1.807) is 6.07 Å². The van der Waals surface area contributed by atoms with Crippen LogP contribution in [0.15, 0.2) is 30.3 Å². The van der Waals surface area contributed by atoms with Crippen molar-refractivity contribution >= 4 is 16.7 Å². The summed E-state index contributed by atoms with van der Waals surface area (Å²) < 4.78 is 0. The van der Waals surface area contributed by atoms with Crippen molar-refractivity contribution in [1.29, 1.82) is 0 Å². The number of pyridine rings is 1. The third kappa shape index (κ3) is 1.68. The van der Waals surface area contributed by atoms with Gasteiger partial charge in [0.2, 0.25) is 0 Å². The Kier molecular flexibility index (Phi) is 2.37. The number of rotatable bonds is 2. The van der Waals surface area contributed by atoms with E-state index in [2.05, 4.69) is 4.98 Å². The minimum Gasteiger partial charge on any atom is -0.476 e.